The Hall–Kier alpha value is -1.36. The standard InChI is InChI=1S/C10H15NO4/c1-4-7-9(10(12)14-5-2)15-8(11-7)6-13-3/h4-6H2,1-3H3. The van der Waals surface area contributed by atoms with E-state index in [-0.39, 0.29) is 12.4 Å². The predicted molar refractivity (Wildman–Crippen MR) is 52.6 cm³/mol. The van der Waals surface area contributed by atoms with E-state index in [1.165, 1.54) is 0 Å². The largest absolute Gasteiger partial charge is 0.460 e. The van der Waals surface area contributed by atoms with Crippen LogP contribution in [0.5, 0.6) is 0 Å². The molecule has 0 atom stereocenters. The molecule has 1 aromatic heterocycles. The summed E-state index contributed by atoms with van der Waals surface area (Å²) in [5.74, 6) is 0.119. The van der Waals surface area contributed by atoms with Gasteiger partial charge in [0.05, 0.1) is 12.3 Å². The molecule has 0 bridgehead atoms. The van der Waals surface area contributed by atoms with Crippen LogP contribution in [-0.4, -0.2) is 24.7 Å². The van der Waals surface area contributed by atoms with Crippen molar-refractivity contribution in [1.29, 1.82) is 0 Å². The van der Waals surface area contributed by atoms with Crippen molar-refractivity contribution >= 4 is 5.97 Å². The molecule has 0 unspecified atom stereocenters. The third-order valence-electron chi connectivity index (χ3n) is 1.81. The zero-order chi connectivity index (χ0) is 11.3. The lowest BCUT2D eigenvalue weighted by molar-refractivity contribution is 0.0481. The quantitative estimate of drug-likeness (QED) is 0.694. The number of hydrogen-bond acceptors (Lipinski definition) is 5. The lowest BCUT2D eigenvalue weighted by Gasteiger charge is -1.98. The molecule has 0 aliphatic heterocycles. The number of carbonyl (C=O) groups excluding carboxylic acids is 1. The molecule has 0 radical (unpaired) electrons. The van der Waals surface area contributed by atoms with Gasteiger partial charge in [-0.3, -0.25) is 0 Å². The van der Waals surface area contributed by atoms with E-state index in [0.717, 1.165) is 0 Å². The van der Waals surface area contributed by atoms with Crippen LogP contribution in [0, 0.1) is 0 Å². The Bertz CT molecular complexity index is 332. The Balaban J connectivity index is 2.89. The van der Waals surface area contributed by atoms with Crippen LogP contribution in [0.15, 0.2) is 4.42 Å². The van der Waals surface area contributed by atoms with Gasteiger partial charge in [-0.2, -0.15) is 0 Å². The minimum absolute atomic E-state index is 0.186. The lowest BCUT2D eigenvalue weighted by atomic mass is 10.3. The molecule has 0 aliphatic carbocycles. The first-order valence-corrected chi connectivity index (χ1v) is 4.87. The van der Waals surface area contributed by atoms with Gasteiger partial charge < -0.3 is 13.9 Å². The van der Waals surface area contributed by atoms with Gasteiger partial charge in [-0.1, -0.05) is 6.92 Å². The molecule has 5 nitrogen and oxygen atoms in total. The number of esters is 1. The normalized spacial score (nSPS) is 10.3. The van der Waals surface area contributed by atoms with E-state index in [0.29, 0.717) is 24.6 Å². The van der Waals surface area contributed by atoms with Crippen molar-refractivity contribution in [1.82, 2.24) is 4.98 Å². The molecule has 0 saturated heterocycles. The number of nitrogens with zero attached hydrogens (tertiary/aromatic N) is 1. The minimum Gasteiger partial charge on any atom is -0.460 e. The van der Waals surface area contributed by atoms with Gasteiger partial charge in [0.2, 0.25) is 11.7 Å². The number of rotatable bonds is 5. The second-order valence-corrected chi connectivity index (χ2v) is 2.89. The zero-order valence-electron chi connectivity index (χ0n) is 9.20. The van der Waals surface area contributed by atoms with Crippen molar-refractivity contribution in [3.63, 3.8) is 0 Å². The molecule has 15 heavy (non-hydrogen) atoms. The molecule has 1 aromatic rings. The molecule has 1 rings (SSSR count). The van der Waals surface area contributed by atoms with Gasteiger partial charge >= 0.3 is 5.97 Å². The van der Waals surface area contributed by atoms with Gasteiger partial charge in [-0.05, 0) is 13.3 Å². The average molecular weight is 213 g/mol. The van der Waals surface area contributed by atoms with Crippen molar-refractivity contribution < 1.29 is 18.7 Å². The zero-order valence-corrected chi connectivity index (χ0v) is 9.20. The monoisotopic (exact) mass is 213 g/mol. The first-order valence-electron chi connectivity index (χ1n) is 4.87. The maximum atomic E-state index is 11.4. The van der Waals surface area contributed by atoms with Crippen molar-refractivity contribution in [2.75, 3.05) is 13.7 Å². The van der Waals surface area contributed by atoms with Crippen LogP contribution in [0.1, 0.15) is 36.0 Å². The van der Waals surface area contributed by atoms with E-state index in [4.69, 9.17) is 13.9 Å². The van der Waals surface area contributed by atoms with E-state index in [1.54, 1.807) is 14.0 Å². The molecule has 0 amide bonds. The summed E-state index contributed by atoms with van der Waals surface area (Å²) in [7, 11) is 1.54. The summed E-state index contributed by atoms with van der Waals surface area (Å²) < 4.78 is 15.0. The summed E-state index contributed by atoms with van der Waals surface area (Å²) in [6, 6.07) is 0. The number of ether oxygens (including phenoxy) is 2. The number of methoxy groups -OCH3 is 1. The first kappa shape index (κ1) is 11.7. The highest BCUT2D eigenvalue weighted by molar-refractivity contribution is 5.87. The number of aryl methyl sites for hydroxylation is 1. The predicted octanol–water partition coefficient (Wildman–Crippen LogP) is 1.56. The molecule has 0 saturated carbocycles. The second kappa shape index (κ2) is 5.50. The van der Waals surface area contributed by atoms with Gasteiger partial charge in [-0.15, -0.1) is 0 Å². The second-order valence-electron chi connectivity index (χ2n) is 2.89. The van der Waals surface area contributed by atoms with E-state index >= 15 is 0 Å². The molecule has 0 aliphatic rings. The molecule has 84 valence electrons. The first-order chi connectivity index (χ1) is 7.22. The summed E-state index contributed by atoms with van der Waals surface area (Å²) in [6.07, 6.45) is 0.626. The Morgan fingerprint density at radius 2 is 2.20 bits per heavy atom. The summed E-state index contributed by atoms with van der Waals surface area (Å²) in [5, 5.41) is 0. The molecule has 0 N–H and O–H groups in total. The fourth-order valence-electron chi connectivity index (χ4n) is 1.18. The molecule has 0 fully saturated rings. The van der Waals surface area contributed by atoms with Gasteiger partial charge in [0.25, 0.3) is 0 Å². The van der Waals surface area contributed by atoms with Crippen molar-refractivity contribution in [3.05, 3.63) is 17.3 Å². The Labute approximate surface area is 88.4 Å². The Morgan fingerprint density at radius 3 is 2.73 bits per heavy atom. The van der Waals surface area contributed by atoms with Crippen LogP contribution in [0.3, 0.4) is 0 Å². The number of hydrogen-bond donors (Lipinski definition) is 0. The van der Waals surface area contributed by atoms with Gasteiger partial charge in [0.15, 0.2) is 0 Å². The fraction of sp³-hybridized carbons (Fsp3) is 0.600. The van der Waals surface area contributed by atoms with Crippen LogP contribution < -0.4 is 0 Å². The van der Waals surface area contributed by atoms with Crippen LogP contribution in [0.2, 0.25) is 0 Å². The third kappa shape index (κ3) is 2.79. The van der Waals surface area contributed by atoms with Crippen LogP contribution in [0.4, 0.5) is 0 Å². The maximum absolute atomic E-state index is 11.4. The minimum atomic E-state index is -0.468. The number of aromatic nitrogens is 1. The van der Waals surface area contributed by atoms with Gasteiger partial charge in [0, 0.05) is 7.11 Å². The highest BCUT2D eigenvalue weighted by Gasteiger charge is 2.19. The number of oxazole rings is 1. The van der Waals surface area contributed by atoms with E-state index in [2.05, 4.69) is 4.98 Å². The van der Waals surface area contributed by atoms with Crippen LogP contribution in [0.25, 0.3) is 0 Å². The molecular formula is C10H15NO4. The van der Waals surface area contributed by atoms with Gasteiger partial charge in [-0.25, -0.2) is 9.78 Å². The summed E-state index contributed by atoms with van der Waals surface area (Å²) >= 11 is 0. The number of carbonyl (C=O) groups is 1. The average Bonchev–Trinajstić information content (AvgIpc) is 2.62. The summed E-state index contributed by atoms with van der Waals surface area (Å²) in [4.78, 5) is 15.6. The SMILES string of the molecule is CCOC(=O)c1oc(COC)nc1CC. The molecule has 1 heterocycles. The Kier molecular flexibility index (Phi) is 4.30. The van der Waals surface area contributed by atoms with E-state index < -0.39 is 5.97 Å². The van der Waals surface area contributed by atoms with Crippen LogP contribution >= 0.6 is 0 Å². The lowest BCUT2D eigenvalue weighted by Crippen LogP contribution is -2.05. The fourth-order valence-corrected chi connectivity index (χ4v) is 1.18. The van der Waals surface area contributed by atoms with Gasteiger partial charge in [0.1, 0.15) is 6.61 Å². The summed E-state index contributed by atoms with van der Waals surface area (Å²) in [6.45, 7) is 4.22. The van der Waals surface area contributed by atoms with Crippen molar-refractivity contribution in [2.45, 2.75) is 26.9 Å². The highest BCUT2D eigenvalue weighted by Crippen LogP contribution is 2.14. The van der Waals surface area contributed by atoms with Crippen molar-refractivity contribution in [3.8, 4) is 0 Å². The highest BCUT2D eigenvalue weighted by atomic mass is 16.5. The topological polar surface area (TPSA) is 61.6 Å². The van der Waals surface area contributed by atoms with E-state index in [1.807, 2.05) is 6.92 Å². The van der Waals surface area contributed by atoms with E-state index in [9.17, 15) is 4.79 Å². The molecule has 0 spiro atoms. The summed E-state index contributed by atoms with van der Waals surface area (Å²) in [5.41, 5.74) is 0.612. The van der Waals surface area contributed by atoms with Crippen LogP contribution in [-0.2, 0) is 22.5 Å². The molecule has 5 heteroatoms. The maximum Gasteiger partial charge on any atom is 0.376 e. The molecular weight excluding hydrogens is 198 g/mol. The Morgan fingerprint density at radius 1 is 1.47 bits per heavy atom. The third-order valence-corrected chi connectivity index (χ3v) is 1.81. The van der Waals surface area contributed by atoms with Crippen molar-refractivity contribution in [2.24, 2.45) is 0 Å². The molecule has 0 aromatic carbocycles. The smallest absolute Gasteiger partial charge is 0.376 e.